The fourth-order valence-corrected chi connectivity index (χ4v) is 1.98. The predicted octanol–water partition coefficient (Wildman–Crippen LogP) is 4.09. The Hall–Kier alpha value is -0.820. The zero-order chi connectivity index (χ0) is 12.4. The fourth-order valence-electron chi connectivity index (χ4n) is 1.98. The van der Waals surface area contributed by atoms with Crippen molar-refractivity contribution in [2.75, 3.05) is 19.6 Å². The molecule has 0 saturated heterocycles. The number of hydrogen-bond donors (Lipinski definition) is 0. The minimum absolute atomic E-state index is 1.17. The first-order valence-electron chi connectivity index (χ1n) is 6.65. The molecule has 0 unspecified atom stereocenters. The first kappa shape index (κ1) is 15.2. The van der Waals surface area contributed by atoms with Crippen molar-refractivity contribution >= 4 is 0 Å². The van der Waals surface area contributed by atoms with Crippen LogP contribution in [0.1, 0.15) is 40.2 Å². The molecule has 0 aliphatic carbocycles. The van der Waals surface area contributed by atoms with Crippen molar-refractivity contribution in [3.8, 4) is 0 Å². The van der Waals surface area contributed by atoms with Crippen LogP contribution in [0.15, 0.2) is 30.3 Å². The van der Waals surface area contributed by atoms with Gasteiger partial charge in [-0.2, -0.15) is 0 Å². The number of rotatable bonds is 5. The molecule has 0 amide bonds. The van der Waals surface area contributed by atoms with E-state index in [0.29, 0.717) is 0 Å². The Morgan fingerprint density at radius 1 is 0.812 bits per heavy atom. The standard InChI is InChI=1S/C13H22N.C2H6/c1-4-14(5-2,6-3)12-13-10-8-7-9-11-13;1-2/h7-11H,4-6,12H2,1-3H3;1-2H3/q+1;. The minimum Gasteiger partial charge on any atom is -0.321 e. The van der Waals surface area contributed by atoms with Gasteiger partial charge in [0.15, 0.2) is 0 Å². The van der Waals surface area contributed by atoms with Crippen LogP contribution in [0.4, 0.5) is 0 Å². The molecule has 0 aliphatic rings. The van der Waals surface area contributed by atoms with Crippen LogP contribution in [0.5, 0.6) is 0 Å². The van der Waals surface area contributed by atoms with Crippen LogP contribution < -0.4 is 0 Å². The summed E-state index contributed by atoms with van der Waals surface area (Å²) >= 11 is 0. The van der Waals surface area contributed by atoms with Gasteiger partial charge in [0.2, 0.25) is 0 Å². The second kappa shape index (κ2) is 8.35. The predicted molar refractivity (Wildman–Crippen MR) is 73.4 cm³/mol. The number of benzene rings is 1. The van der Waals surface area contributed by atoms with E-state index in [1.54, 1.807) is 0 Å². The summed E-state index contributed by atoms with van der Waals surface area (Å²) in [7, 11) is 0. The molecule has 0 bridgehead atoms. The molecule has 0 atom stereocenters. The molecule has 1 nitrogen and oxygen atoms in total. The van der Waals surface area contributed by atoms with Gasteiger partial charge in [0.25, 0.3) is 0 Å². The van der Waals surface area contributed by atoms with E-state index in [0.717, 1.165) is 0 Å². The molecule has 92 valence electrons. The Balaban J connectivity index is 0.00000106. The SMILES string of the molecule is CC.CC[N+](CC)(CC)Cc1ccccc1. The number of quaternary nitrogens is 1. The lowest BCUT2D eigenvalue weighted by Gasteiger charge is -2.35. The Kier molecular flexibility index (Phi) is 7.92. The van der Waals surface area contributed by atoms with Crippen LogP contribution in [0, 0.1) is 0 Å². The zero-order valence-corrected chi connectivity index (χ0v) is 11.7. The molecule has 0 aliphatic heterocycles. The van der Waals surface area contributed by atoms with Crippen LogP contribution in [0.3, 0.4) is 0 Å². The summed E-state index contributed by atoms with van der Waals surface area (Å²) in [4.78, 5) is 0. The summed E-state index contributed by atoms with van der Waals surface area (Å²) in [6.45, 7) is 15.7. The molecule has 0 heterocycles. The normalized spacial score (nSPS) is 10.6. The second-order valence-corrected chi connectivity index (χ2v) is 3.93. The van der Waals surface area contributed by atoms with E-state index in [2.05, 4.69) is 51.1 Å². The van der Waals surface area contributed by atoms with Crippen molar-refractivity contribution in [1.29, 1.82) is 0 Å². The van der Waals surface area contributed by atoms with E-state index in [1.165, 1.54) is 36.2 Å². The first-order chi connectivity index (χ1) is 7.76. The molecule has 1 heteroatoms. The molecule has 0 fully saturated rings. The van der Waals surface area contributed by atoms with Gasteiger partial charge < -0.3 is 4.48 Å². The van der Waals surface area contributed by atoms with Crippen molar-refractivity contribution in [1.82, 2.24) is 0 Å². The highest BCUT2D eigenvalue weighted by Gasteiger charge is 2.20. The van der Waals surface area contributed by atoms with E-state index < -0.39 is 0 Å². The van der Waals surface area contributed by atoms with Gasteiger partial charge in [-0.25, -0.2) is 0 Å². The molecular formula is C15H28N+. The van der Waals surface area contributed by atoms with Crippen molar-refractivity contribution in [3.63, 3.8) is 0 Å². The third-order valence-electron chi connectivity index (χ3n) is 3.37. The van der Waals surface area contributed by atoms with E-state index in [4.69, 9.17) is 0 Å². The van der Waals surface area contributed by atoms with E-state index in [1.807, 2.05) is 13.8 Å². The Morgan fingerprint density at radius 3 is 1.62 bits per heavy atom. The summed E-state index contributed by atoms with van der Waals surface area (Å²) in [5.41, 5.74) is 1.46. The quantitative estimate of drug-likeness (QED) is 0.658. The summed E-state index contributed by atoms with van der Waals surface area (Å²) in [6, 6.07) is 10.8. The highest BCUT2D eigenvalue weighted by atomic mass is 15.3. The highest BCUT2D eigenvalue weighted by molar-refractivity contribution is 5.13. The summed E-state index contributed by atoms with van der Waals surface area (Å²) in [6.07, 6.45) is 0. The average Bonchev–Trinajstić information content (AvgIpc) is 2.40. The lowest BCUT2D eigenvalue weighted by Crippen LogP contribution is -2.46. The van der Waals surface area contributed by atoms with E-state index in [-0.39, 0.29) is 0 Å². The van der Waals surface area contributed by atoms with Crippen molar-refractivity contribution in [3.05, 3.63) is 35.9 Å². The Morgan fingerprint density at radius 2 is 1.25 bits per heavy atom. The van der Waals surface area contributed by atoms with Gasteiger partial charge in [0.1, 0.15) is 6.54 Å². The molecule has 1 aromatic rings. The maximum atomic E-state index is 2.29. The third kappa shape index (κ3) is 4.36. The van der Waals surface area contributed by atoms with Crippen molar-refractivity contribution in [2.45, 2.75) is 41.2 Å². The average molecular weight is 222 g/mol. The molecule has 0 saturated carbocycles. The van der Waals surface area contributed by atoms with Gasteiger partial charge in [-0.05, 0) is 20.8 Å². The summed E-state index contributed by atoms with van der Waals surface area (Å²) in [5.74, 6) is 0. The van der Waals surface area contributed by atoms with Gasteiger partial charge in [0, 0.05) is 5.56 Å². The largest absolute Gasteiger partial charge is 0.321 e. The maximum absolute atomic E-state index is 2.29. The van der Waals surface area contributed by atoms with E-state index >= 15 is 0 Å². The molecule has 0 aromatic heterocycles. The topological polar surface area (TPSA) is 0 Å². The van der Waals surface area contributed by atoms with Crippen LogP contribution in [-0.2, 0) is 6.54 Å². The second-order valence-electron chi connectivity index (χ2n) is 3.93. The summed E-state index contributed by atoms with van der Waals surface area (Å²) in [5, 5.41) is 0. The fraction of sp³-hybridized carbons (Fsp3) is 0.600. The van der Waals surface area contributed by atoms with Gasteiger partial charge in [-0.3, -0.25) is 0 Å². The third-order valence-corrected chi connectivity index (χ3v) is 3.37. The lowest BCUT2D eigenvalue weighted by molar-refractivity contribution is -0.936. The number of nitrogens with zero attached hydrogens (tertiary/aromatic N) is 1. The van der Waals surface area contributed by atoms with Crippen LogP contribution in [0.2, 0.25) is 0 Å². The molecule has 16 heavy (non-hydrogen) atoms. The smallest absolute Gasteiger partial charge is 0.104 e. The molecule has 0 radical (unpaired) electrons. The molecular weight excluding hydrogens is 194 g/mol. The summed E-state index contributed by atoms with van der Waals surface area (Å²) < 4.78 is 1.20. The monoisotopic (exact) mass is 222 g/mol. The van der Waals surface area contributed by atoms with Gasteiger partial charge in [0.05, 0.1) is 19.6 Å². The Labute approximate surface area is 102 Å². The number of hydrogen-bond acceptors (Lipinski definition) is 0. The molecule has 0 spiro atoms. The maximum Gasteiger partial charge on any atom is 0.104 e. The molecule has 1 aromatic carbocycles. The van der Waals surface area contributed by atoms with Crippen LogP contribution in [0.25, 0.3) is 0 Å². The first-order valence-corrected chi connectivity index (χ1v) is 6.65. The van der Waals surface area contributed by atoms with Crippen molar-refractivity contribution in [2.24, 2.45) is 0 Å². The van der Waals surface area contributed by atoms with Gasteiger partial charge in [-0.1, -0.05) is 44.2 Å². The minimum atomic E-state index is 1.17. The zero-order valence-electron chi connectivity index (χ0n) is 11.7. The van der Waals surface area contributed by atoms with E-state index in [9.17, 15) is 0 Å². The van der Waals surface area contributed by atoms with Crippen LogP contribution in [-0.4, -0.2) is 24.1 Å². The van der Waals surface area contributed by atoms with Crippen LogP contribution >= 0.6 is 0 Å². The highest BCUT2D eigenvalue weighted by Crippen LogP contribution is 2.13. The molecule has 0 N–H and O–H groups in total. The van der Waals surface area contributed by atoms with Gasteiger partial charge >= 0.3 is 0 Å². The van der Waals surface area contributed by atoms with Gasteiger partial charge in [-0.15, -0.1) is 0 Å². The Bertz CT molecular complexity index is 241. The molecule has 1 rings (SSSR count). The lowest BCUT2D eigenvalue weighted by atomic mass is 10.2. The van der Waals surface area contributed by atoms with Crippen molar-refractivity contribution < 1.29 is 4.48 Å².